The van der Waals surface area contributed by atoms with Gasteiger partial charge in [0, 0.05) is 0 Å². The summed E-state index contributed by atoms with van der Waals surface area (Å²) in [5.41, 5.74) is 3.92. The van der Waals surface area contributed by atoms with E-state index in [0.717, 1.165) is 12.0 Å². The minimum absolute atomic E-state index is 1.10. The van der Waals surface area contributed by atoms with E-state index in [4.69, 9.17) is 0 Å². The van der Waals surface area contributed by atoms with Crippen LogP contribution in [0.5, 0.6) is 0 Å². The summed E-state index contributed by atoms with van der Waals surface area (Å²) in [5.74, 6) is 0. The zero-order valence-corrected chi connectivity index (χ0v) is 7.22. The van der Waals surface area contributed by atoms with Crippen LogP contribution < -0.4 is 0 Å². The monoisotopic (exact) mass is 146 g/mol. The second kappa shape index (κ2) is 3.38. The quantitative estimate of drug-likeness (QED) is 0.524. The normalized spacial score (nSPS) is 16.9. The van der Waals surface area contributed by atoms with Crippen molar-refractivity contribution in [2.45, 2.75) is 20.3 Å². The highest BCUT2D eigenvalue weighted by molar-refractivity contribution is 5.37. The standard InChI is InChI=1S/C11H14/c1-9(2)4-6-11-7-5-10(3)8-11/h4-7H,1,8H2,2-3H3. The van der Waals surface area contributed by atoms with Crippen LogP contribution in [-0.2, 0) is 0 Å². The lowest BCUT2D eigenvalue weighted by Gasteiger charge is -1.93. The summed E-state index contributed by atoms with van der Waals surface area (Å²) in [7, 11) is 0. The first kappa shape index (κ1) is 8.06. The predicted molar refractivity (Wildman–Crippen MR) is 50.4 cm³/mol. The van der Waals surface area contributed by atoms with Gasteiger partial charge in [-0.25, -0.2) is 0 Å². The van der Waals surface area contributed by atoms with Gasteiger partial charge in [0.15, 0.2) is 0 Å². The maximum atomic E-state index is 3.80. The van der Waals surface area contributed by atoms with E-state index in [-0.39, 0.29) is 0 Å². The largest absolute Gasteiger partial charge is 0.0961 e. The zero-order valence-electron chi connectivity index (χ0n) is 7.22. The highest BCUT2D eigenvalue weighted by Crippen LogP contribution is 2.19. The molecule has 1 aliphatic carbocycles. The third kappa shape index (κ3) is 2.58. The lowest BCUT2D eigenvalue weighted by Crippen LogP contribution is -1.73. The highest BCUT2D eigenvalue weighted by Gasteiger charge is 1.99. The van der Waals surface area contributed by atoms with Crippen LogP contribution in [0.3, 0.4) is 0 Å². The number of hydrogen-bond donors (Lipinski definition) is 0. The smallest absolute Gasteiger partial charge is 0.00668 e. The van der Waals surface area contributed by atoms with Crippen molar-refractivity contribution in [3.63, 3.8) is 0 Å². The summed E-state index contributed by atoms with van der Waals surface area (Å²) in [5, 5.41) is 0. The first-order valence-electron chi connectivity index (χ1n) is 3.88. The van der Waals surface area contributed by atoms with Gasteiger partial charge >= 0.3 is 0 Å². The van der Waals surface area contributed by atoms with Gasteiger partial charge in [-0.05, 0) is 25.8 Å². The van der Waals surface area contributed by atoms with Gasteiger partial charge in [-0.2, -0.15) is 0 Å². The van der Waals surface area contributed by atoms with Crippen molar-refractivity contribution in [1.82, 2.24) is 0 Å². The van der Waals surface area contributed by atoms with Gasteiger partial charge in [0.2, 0.25) is 0 Å². The Morgan fingerprint density at radius 1 is 1.55 bits per heavy atom. The summed E-state index contributed by atoms with van der Waals surface area (Å²) in [6, 6.07) is 0. The molecule has 0 radical (unpaired) electrons. The van der Waals surface area contributed by atoms with E-state index in [1.807, 2.05) is 6.92 Å². The van der Waals surface area contributed by atoms with Crippen molar-refractivity contribution in [2.24, 2.45) is 0 Å². The number of rotatable bonds is 2. The molecule has 0 N–H and O–H groups in total. The maximum absolute atomic E-state index is 3.80. The predicted octanol–water partition coefficient (Wildman–Crippen LogP) is 3.40. The molecular weight excluding hydrogens is 132 g/mol. The van der Waals surface area contributed by atoms with Gasteiger partial charge in [-0.15, -0.1) is 0 Å². The fraction of sp³-hybridized carbons (Fsp3) is 0.273. The SMILES string of the molecule is C=C(C)C=CC1=CC=C(C)C1. The molecule has 0 saturated heterocycles. The van der Waals surface area contributed by atoms with Crippen LogP contribution in [0, 0.1) is 0 Å². The van der Waals surface area contributed by atoms with Crippen molar-refractivity contribution in [1.29, 1.82) is 0 Å². The Labute approximate surface area is 68.6 Å². The molecule has 0 aromatic rings. The van der Waals surface area contributed by atoms with Crippen LogP contribution >= 0.6 is 0 Å². The van der Waals surface area contributed by atoms with Crippen molar-refractivity contribution in [3.8, 4) is 0 Å². The Morgan fingerprint density at radius 2 is 2.27 bits per heavy atom. The zero-order chi connectivity index (χ0) is 8.27. The minimum atomic E-state index is 1.10. The maximum Gasteiger partial charge on any atom is -0.00668 e. The topological polar surface area (TPSA) is 0 Å². The second-order valence-corrected chi connectivity index (χ2v) is 3.11. The Hall–Kier alpha value is -1.04. The first-order valence-corrected chi connectivity index (χ1v) is 3.88. The lowest BCUT2D eigenvalue weighted by atomic mass is 10.1. The van der Waals surface area contributed by atoms with E-state index in [9.17, 15) is 0 Å². The average Bonchev–Trinajstić information content (AvgIpc) is 2.31. The molecule has 0 heteroatoms. The molecule has 11 heavy (non-hydrogen) atoms. The van der Waals surface area contributed by atoms with Crippen LogP contribution in [-0.4, -0.2) is 0 Å². The molecule has 1 aliphatic rings. The van der Waals surface area contributed by atoms with Crippen LogP contribution in [0.4, 0.5) is 0 Å². The molecule has 0 aromatic carbocycles. The van der Waals surface area contributed by atoms with E-state index in [1.165, 1.54) is 11.1 Å². The molecule has 0 amide bonds. The van der Waals surface area contributed by atoms with Crippen LogP contribution in [0.15, 0.2) is 47.6 Å². The molecule has 0 atom stereocenters. The molecule has 0 nitrogen and oxygen atoms in total. The Morgan fingerprint density at radius 3 is 2.73 bits per heavy atom. The molecule has 0 saturated carbocycles. The van der Waals surface area contributed by atoms with Crippen molar-refractivity contribution in [3.05, 3.63) is 47.6 Å². The molecule has 0 fully saturated rings. The Kier molecular flexibility index (Phi) is 2.48. The van der Waals surface area contributed by atoms with E-state index < -0.39 is 0 Å². The summed E-state index contributed by atoms with van der Waals surface area (Å²) in [6.45, 7) is 7.96. The van der Waals surface area contributed by atoms with Gasteiger partial charge in [0.1, 0.15) is 0 Å². The Balaban J connectivity index is 2.49. The molecule has 0 aliphatic heterocycles. The van der Waals surface area contributed by atoms with Gasteiger partial charge in [0.25, 0.3) is 0 Å². The van der Waals surface area contributed by atoms with Crippen molar-refractivity contribution >= 4 is 0 Å². The molecule has 0 heterocycles. The number of hydrogen-bond acceptors (Lipinski definition) is 0. The second-order valence-electron chi connectivity index (χ2n) is 3.11. The third-order valence-corrected chi connectivity index (χ3v) is 1.65. The van der Waals surface area contributed by atoms with E-state index in [1.54, 1.807) is 0 Å². The fourth-order valence-electron chi connectivity index (χ4n) is 1.05. The van der Waals surface area contributed by atoms with E-state index in [0.29, 0.717) is 0 Å². The van der Waals surface area contributed by atoms with Gasteiger partial charge in [-0.1, -0.05) is 42.0 Å². The van der Waals surface area contributed by atoms with Crippen molar-refractivity contribution in [2.75, 3.05) is 0 Å². The van der Waals surface area contributed by atoms with Crippen molar-refractivity contribution < 1.29 is 0 Å². The third-order valence-electron chi connectivity index (χ3n) is 1.65. The van der Waals surface area contributed by atoms with Crippen LogP contribution in [0.2, 0.25) is 0 Å². The summed E-state index contributed by atoms with van der Waals surface area (Å²) >= 11 is 0. The van der Waals surface area contributed by atoms with Gasteiger partial charge in [-0.3, -0.25) is 0 Å². The van der Waals surface area contributed by atoms with Crippen LogP contribution in [0.1, 0.15) is 20.3 Å². The highest BCUT2D eigenvalue weighted by atomic mass is 14.0. The van der Waals surface area contributed by atoms with Gasteiger partial charge in [0.05, 0.1) is 0 Å². The van der Waals surface area contributed by atoms with E-state index in [2.05, 4.69) is 37.8 Å². The molecule has 0 spiro atoms. The van der Waals surface area contributed by atoms with Gasteiger partial charge < -0.3 is 0 Å². The lowest BCUT2D eigenvalue weighted by molar-refractivity contribution is 1.19. The molecule has 58 valence electrons. The molecule has 0 unspecified atom stereocenters. The molecule has 0 bridgehead atoms. The number of allylic oxidation sites excluding steroid dienone is 7. The molecule has 1 rings (SSSR count). The summed E-state index contributed by atoms with van der Waals surface area (Å²) in [6.07, 6.45) is 9.62. The van der Waals surface area contributed by atoms with E-state index >= 15 is 0 Å². The van der Waals surface area contributed by atoms with Crippen LogP contribution in [0.25, 0.3) is 0 Å². The first-order chi connectivity index (χ1) is 5.18. The fourth-order valence-corrected chi connectivity index (χ4v) is 1.05. The minimum Gasteiger partial charge on any atom is -0.0961 e. The summed E-state index contributed by atoms with van der Waals surface area (Å²) in [4.78, 5) is 0. The molecular formula is C11H14. The average molecular weight is 146 g/mol. The Bertz CT molecular complexity index is 249. The molecule has 0 aromatic heterocycles. The summed E-state index contributed by atoms with van der Waals surface area (Å²) < 4.78 is 0.